The van der Waals surface area contributed by atoms with Crippen molar-refractivity contribution in [2.24, 2.45) is 0 Å². The molecule has 0 aliphatic heterocycles. The highest BCUT2D eigenvalue weighted by atomic mass is 16.2. The van der Waals surface area contributed by atoms with E-state index in [1.165, 1.54) is 0 Å². The smallest absolute Gasteiger partial charge is 0.269 e. The van der Waals surface area contributed by atoms with Crippen molar-refractivity contribution in [3.05, 3.63) is 52.8 Å². The molecule has 0 radical (unpaired) electrons. The van der Waals surface area contributed by atoms with E-state index in [4.69, 9.17) is 0 Å². The fraction of sp³-hybridized carbons (Fsp3) is 0.389. The summed E-state index contributed by atoms with van der Waals surface area (Å²) in [6.07, 6.45) is 0.666. The second kappa shape index (κ2) is 7.77. The van der Waals surface area contributed by atoms with Gasteiger partial charge in [0, 0.05) is 32.7 Å². The molecule has 0 aliphatic rings. The summed E-state index contributed by atoms with van der Waals surface area (Å²) in [7, 11) is 3.46. The second-order valence-corrected chi connectivity index (χ2v) is 5.89. The number of rotatable bonds is 6. The van der Waals surface area contributed by atoms with Gasteiger partial charge in [0.2, 0.25) is 0 Å². The Bertz CT molecular complexity index is 734. The third-order valence-electron chi connectivity index (χ3n) is 3.71. The van der Waals surface area contributed by atoms with Crippen LogP contribution in [-0.2, 0) is 13.0 Å². The predicted octanol–water partition coefficient (Wildman–Crippen LogP) is 1.89. The second-order valence-electron chi connectivity index (χ2n) is 5.89. The molecule has 2 aromatic rings. The van der Waals surface area contributed by atoms with E-state index in [2.05, 4.69) is 10.4 Å². The van der Waals surface area contributed by atoms with Crippen LogP contribution >= 0.6 is 0 Å². The quantitative estimate of drug-likeness (QED) is 0.880. The van der Waals surface area contributed by atoms with E-state index >= 15 is 0 Å². The summed E-state index contributed by atoms with van der Waals surface area (Å²) < 4.78 is 1.70. The number of nitrogens with zero attached hydrogens (tertiary/aromatic N) is 3. The summed E-state index contributed by atoms with van der Waals surface area (Å²) in [4.78, 5) is 25.8. The fourth-order valence-electron chi connectivity index (χ4n) is 2.50. The minimum atomic E-state index is -0.127. The van der Waals surface area contributed by atoms with Crippen molar-refractivity contribution < 1.29 is 9.59 Å². The van der Waals surface area contributed by atoms with Crippen LogP contribution in [0.3, 0.4) is 0 Å². The number of aryl methyl sites for hydroxylation is 2. The van der Waals surface area contributed by atoms with Gasteiger partial charge >= 0.3 is 0 Å². The standard InChI is InChI=1S/C18H24N4O2/c1-5-22-16(11-13(2)20-22)17(23)19-10-9-14-7-6-8-15(12-14)18(24)21(3)4/h6-8,11-12H,5,9-10H2,1-4H3,(H,19,23). The molecule has 6 heteroatoms. The highest BCUT2D eigenvalue weighted by molar-refractivity contribution is 5.94. The number of hydrogen-bond donors (Lipinski definition) is 1. The molecule has 2 rings (SSSR count). The van der Waals surface area contributed by atoms with Gasteiger partial charge in [-0.1, -0.05) is 12.1 Å². The molecule has 0 saturated heterocycles. The lowest BCUT2D eigenvalue weighted by atomic mass is 10.1. The normalized spacial score (nSPS) is 10.5. The lowest BCUT2D eigenvalue weighted by molar-refractivity contribution is 0.0827. The number of amides is 2. The number of carbonyl (C=O) groups is 2. The summed E-state index contributed by atoms with van der Waals surface area (Å²) in [5.41, 5.74) is 3.08. The molecule has 1 heterocycles. The maximum atomic E-state index is 12.3. The number of aromatic nitrogens is 2. The number of carbonyl (C=O) groups excluding carboxylic acids is 2. The number of benzene rings is 1. The van der Waals surface area contributed by atoms with Crippen LogP contribution in [0.5, 0.6) is 0 Å². The molecule has 1 aromatic carbocycles. The van der Waals surface area contributed by atoms with E-state index in [0.717, 1.165) is 11.3 Å². The van der Waals surface area contributed by atoms with Crippen molar-refractivity contribution in [1.29, 1.82) is 0 Å². The fourth-order valence-corrected chi connectivity index (χ4v) is 2.50. The van der Waals surface area contributed by atoms with Crippen molar-refractivity contribution in [2.75, 3.05) is 20.6 Å². The molecule has 0 bridgehead atoms. The largest absolute Gasteiger partial charge is 0.350 e. The molecule has 1 N–H and O–H groups in total. The van der Waals surface area contributed by atoms with Gasteiger partial charge in [0.15, 0.2) is 0 Å². The molecule has 0 aliphatic carbocycles. The van der Waals surface area contributed by atoms with Crippen molar-refractivity contribution in [2.45, 2.75) is 26.8 Å². The third-order valence-corrected chi connectivity index (χ3v) is 3.71. The van der Waals surface area contributed by atoms with Crippen LogP contribution < -0.4 is 5.32 Å². The first-order valence-corrected chi connectivity index (χ1v) is 8.05. The van der Waals surface area contributed by atoms with E-state index in [1.807, 2.05) is 32.0 Å². The van der Waals surface area contributed by atoms with Gasteiger partial charge in [-0.2, -0.15) is 5.10 Å². The van der Waals surface area contributed by atoms with Gasteiger partial charge in [0.1, 0.15) is 5.69 Å². The molecule has 0 unspecified atom stereocenters. The van der Waals surface area contributed by atoms with Gasteiger partial charge in [-0.25, -0.2) is 0 Å². The van der Waals surface area contributed by atoms with Gasteiger partial charge in [-0.15, -0.1) is 0 Å². The lowest BCUT2D eigenvalue weighted by Gasteiger charge is -2.11. The first-order valence-electron chi connectivity index (χ1n) is 8.05. The molecule has 0 fully saturated rings. The maximum absolute atomic E-state index is 12.3. The van der Waals surface area contributed by atoms with Crippen LogP contribution in [0.1, 0.15) is 39.0 Å². The van der Waals surface area contributed by atoms with Crippen molar-refractivity contribution in [3.8, 4) is 0 Å². The SMILES string of the molecule is CCn1nc(C)cc1C(=O)NCCc1cccc(C(=O)N(C)C)c1. The summed E-state index contributed by atoms with van der Waals surface area (Å²) in [5, 5.41) is 7.19. The van der Waals surface area contributed by atoms with Crippen LogP contribution in [0, 0.1) is 6.92 Å². The summed E-state index contributed by atoms with van der Waals surface area (Å²) in [6.45, 7) is 4.99. The van der Waals surface area contributed by atoms with E-state index < -0.39 is 0 Å². The van der Waals surface area contributed by atoms with Gasteiger partial charge in [-0.05, 0) is 44.0 Å². The Hall–Kier alpha value is -2.63. The third kappa shape index (κ3) is 4.22. The zero-order valence-electron chi connectivity index (χ0n) is 14.7. The van der Waals surface area contributed by atoms with E-state index in [1.54, 1.807) is 35.8 Å². The zero-order chi connectivity index (χ0) is 17.7. The summed E-state index contributed by atoms with van der Waals surface area (Å²) >= 11 is 0. The molecule has 24 heavy (non-hydrogen) atoms. The highest BCUT2D eigenvalue weighted by Crippen LogP contribution is 2.08. The molecule has 0 atom stereocenters. The Balaban J connectivity index is 1.95. The van der Waals surface area contributed by atoms with Crippen molar-refractivity contribution in [3.63, 3.8) is 0 Å². The molecule has 0 spiro atoms. The minimum absolute atomic E-state index is 0.0248. The average Bonchev–Trinajstić information content (AvgIpc) is 2.95. The van der Waals surface area contributed by atoms with Gasteiger partial charge in [-0.3, -0.25) is 14.3 Å². The van der Waals surface area contributed by atoms with Crippen LogP contribution in [0.25, 0.3) is 0 Å². The Labute approximate surface area is 142 Å². The highest BCUT2D eigenvalue weighted by Gasteiger charge is 2.13. The molecular weight excluding hydrogens is 304 g/mol. The minimum Gasteiger partial charge on any atom is -0.350 e. The lowest BCUT2D eigenvalue weighted by Crippen LogP contribution is -2.28. The van der Waals surface area contributed by atoms with Crippen molar-refractivity contribution in [1.82, 2.24) is 20.0 Å². The van der Waals surface area contributed by atoms with Crippen LogP contribution in [0.2, 0.25) is 0 Å². The number of nitrogens with one attached hydrogen (secondary N) is 1. The maximum Gasteiger partial charge on any atom is 0.269 e. The van der Waals surface area contributed by atoms with Gasteiger partial charge in [0.05, 0.1) is 5.69 Å². The monoisotopic (exact) mass is 328 g/mol. The molecule has 2 amide bonds. The van der Waals surface area contributed by atoms with Crippen molar-refractivity contribution >= 4 is 11.8 Å². The first-order chi connectivity index (χ1) is 11.4. The Morgan fingerprint density at radius 1 is 1.25 bits per heavy atom. The van der Waals surface area contributed by atoms with Crippen LogP contribution in [0.15, 0.2) is 30.3 Å². The van der Waals surface area contributed by atoms with Crippen LogP contribution in [-0.4, -0.2) is 47.1 Å². The Morgan fingerprint density at radius 3 is 2.67 bits per heavy atom. The summed E-state index contributed by atoms with van der Waals surface area (Å²) in [6, 6.07) is 9.28. The van der Waals surface area contributed by atoms with Gasteiger partial charge in [0.25, 0.3) is 11.8 Å². The van der Waals surface area contributed by atoms with Gasteiger partial charge < -0.3 is 10.2 Å². The number of hydrogen-bond acceptors (Lipinski definition) is 3. The zero-order valence-corrected chi connectivity index (χ0v) is 14.7. The van der Waals surface area contributed by atoms with Crippen LogP contribution in [0.4, 0.5) is 0 Å². The van der Waals surface area contributed by atoms with E-state index in [-0.39, 0.29) is 11.8 Å². The molecule has 128 valence electrons. The summed E-state index contributed by atoms with van der Waals surface area (Å²) in [5.74, 6) is -0.152. The predicted molar refractivity (Wildman–Crippen MR) is 93.1 cm³/mol. The average molecular weight is 328 g/mol. The molecular formula is C18H24N4O2. The topological polar surface area (TPSA) is 67.2 Å². The molecule has 6 nitrogen and oxygen atoms in total. The Morgan fingerprint density at radius 2 is 2.00 bits per heavy atom. The van der Waals surface area contributed by atoms with E-state index in [9.17, 15) is 9.59 Å². The van der Waals surface area contributed by atoms with E-state index in [0.29, 0.717) is 30.8 Å². The Kier molecular flexibility index (Phi) is 5.73. The first kappa shape index (κ1) is 17.7. The molecule has 0 saturated carbocycles. The molecule has 1 aromatic heterocycles.